The van der Waals surface area contributed by atoms with E-state index in [4.69, 9.17) is 9.47 Å². The molecule has 0 amide bonds. The summed E-state index contributed by atoms with van der Waals surface area (Å²) in [6.07, 6.45) is 7.00. The minimum Gasteiger partial charge on any atom is -0.493 e. The Bertz CT molecular complexity index is 805. The number of hydrogen-bond donors (Lipinski definition) is 1. The summed E-state index contributed by atoms with van der Waals surface area (Å²) >= 11 is 0. The molecule has 0 spiro atoms. The average molecular weight is 386 g/mol. The van der Waals surface area contributed by atoms with Crippen LogP contribution in [0.1, 0.15) is 37.6 Å². The van der Waals surface area contributed by atoms with Crippen LogP contribution in [0.4, 0.5) is 0 Å². The first-order chi connectivity index (χ1) is 13.6. The Morgan fingerprint density at radius 3 is 2.57 bits per heavy atom. The number of aryl methyl sites for hydroxylation is 1. The Morgan fingerprint density at radius 2 is 1.96 bits per heavy atom. The number of benzene rings is 1. The number of nitrogens with zero attached hydrogens (tertiary/aromatic N) is 3. The number of methoxy groups -OCH3 is 1. The highest BCUT2D eigenvalue weighted by Crippen LogP contribution is 2.48. The molecule has 1 saturated carbocycles. The van der Waals surface area contributed by atoms with Crippen LogP contribution in [0.15, 0.2) is 30.6 Å². The minimum atomic E-state index is -0.816. The first-order valence-corrected chi connectivity index (χ1v) is 10.3. The van der Waals surface area contributed by atoms with Gasteiger partial charge in [-0.05, 0) is 37.5 Å². The van der Waals surface area contributed by atoms with Crippen LogP contribution in [0, 0.1) is 11.8 Å². The van der Waals surface area contributed by atoms with Crippen molar-refractivity contribution in [2.24, 2.45) is 18.9 Å². The summed E-state index contributed by atoms with van der Waals surface area (Å²) in [5.74, 6) is 2.82. The molecule has 0 radical (unpaired) electrons. The van der Waals surface area contributed by atoms with Gasteiger partial charge < -0.3 is 19.1 Å². The molecule has 1 N–H and O–H groups in total. The second-order valence-electron chi connectivity index (χ2n) is 8.12. The third-order valence-electron chi connectivity index (χ3n) is 6.42. The van der Waals surface area contributed by atoms with Gasteiger partial charge in [-0.15, -0.1) is 0 Å². The molecule has 1 saturated heterocycles. The second-order valence-corrected chi connectivity index (χ2v) is 8.12. The number of ether oxygens (including phenoxy) is 2. The van der Waals surface area contributed by atoms with Crippen LogP contribution in [0.2, 0.25) is 0 Å². The van der Waals surface area contributed by atoms with Gasteiger partial charge in [0.25, 0.3) is 0 Å². The normalized spacial score (nSPS) is 27.6. The topological polar surface area (TPSA) is 59.8 Å². The number of hydrogen-bond acceptors (Lipinski definition) is 5. The molecule has 2 bridgehead atoms. The molecular weight excluding hydrogens is 354 g/mol. The number of likely N-dealkylation sites (tertiary alicyclic amines) is 1. The van der Waals surface area contributed by atoms with Gasteiger partial charge in [-0.3, -0.25) is 4.90 Å². The Labute approximate surface area is 167 Å². The van der Waals surface area contributed by atoms with E-state index in [2.05, 4.69) is 22.0 Å². The van der Waals surface area contributed by atoms with Crippen LogP contribution in [0.5, 0.6) is 11.5 Å². The Balaban J connectivity index is 1.53. The summed E-state index contributed by atoms with van der Waals surface area (Å²) < 4.78 is 13.1. The zero-order valence-electron chi connectivity index (χ0n) is 17.1. The number of piperidine rings is 1. The summed E-state index contributed by atoms with van der Waals surface area (Å²) in [5, 5.41) is 11.7. The van der Waals surface area contributed by atoms with E-state index in [1.54, 1.807) is 13.3 Å². The van der Waals surface area contributed by atoms with Gasteiger partial charge in [0.2, 0.25) is 0 Å². The lowest BCUT2D eigenvalue weighted by Gasteiger charge is -2.52. The van der Waals surface area contributed by atoms with Gasteiger partial charge in [-0.1, -0.05) is 12.5 Å². The highest BCUT2D eigenvalue weighted by Gasteiger charge is 2.53. The highest BCUT2D eigenvalue weighted by molar-refractivity contribution is 5.43. The molecule has 1 aliphatic heterocycles. The maximum absolute atomic E-state index is 11.7. The number of rotatable bonds is 6. The van der Waals surface area contributed by atoms with Crippen molar-refractivity contribution >= 4 is 0 Å². The predicted octanol–water partition coefficient (Wildman–Crippen LogP) is 2.95. The van der Waals surface area contributed by atoms with E-state index in [-0.39, 0.29) is 11.8 Å². The molecule has 2 unspecified atom stereocenters. The van der Waals surface area contributed by atoms with Gasteiger partial charge in [0.15, 0.2) is 11.5 Å². The average Bonchev–Trinajstić information content (AvgIpc) is 3.10. The van der Waals surface area contributed by atoms with Crippen molar-refractivity contribution in [1.29, 1.82) is 0 Å². The minimum absolute atomic E-state index is 0.214. The van der Waals surface area contributed by atoms with Crippen molar-refractivity contribution in [2.45, 2.75) is 38.3 Å². The van der Waals surface area contributed by atoms with Crippen LogP contribution >= 0.6 is 0 Å². The van der Waals surface area contributed by atoms with Crippen LogP contribution in [-0.4, -0.2) is 46.4 Å². The van der Waals surface area contributed by atoms with Crippen molar-refractivity contribution in [1.82, 2.24) is 14.5 Å². The molecule has 2 fully saturated rings. The number of imidazole rings is 1. The molecular formula is C22H31N3O3. The zero-order chi connectivity index (χ0) is 19.7. The lowest BCUT2D eigenvalue weighted by molar-refractivity contribution is -0.155. The first kappa shape index (κ1) is 19.3. The second kappa shape index (κ2) is 7.76. The third-order valence-corrected chi connectivity index (χ3v) is 6.42. The zero-order valence-corrected chi connectivity index (χ0v) is 17.1. The van der Waals surface area contributed by atoms with Crippen molar-refractivity contribution < 1.29 is 14.6 Å². The molecule has 6 heteroatoms. The van der Waals surface area contributed by atoms with E-state index in [1.807, 2.05) is 30.8 Å². The maximum Gasteiger partial charge on any atom is 0.161 e. The Kier molecular flexibility index (Phi) is 5.34. The Hall–Kier alpha value is -2.05. The number of fused-ring (bicyclic) bond motifs is 2. The van der Waals surface area contributed by atoms with E-state index in [0.29, 0.717) is 6.61 Å². The standard InChI is InChI=1S/C22H31N3O3/c1-4-28-19-9-8-16(12-20(19)27-3)13-25-14-17-6-5-7-18(15-25)22(17,26)21-23-10-11-24(21)2/h8-12,17-18,26H,4-7,13-15H2,1-3H3. The quantitative estimate of drug-likeness (QED) is 0.828. The van der Waals surface area contributed by atoms with Gasteiger partial charge in [0.1, 0.15) is 11.4 Å². The molecule has 6 nitrogen and oxygen atoms in total. The molecule has 1 aliphatic carbocycles. The van der Waals surface area contributed by atoms with Gasteiger partial charge in [-0.2, -0.15) is 0 Å². The summed E-state index contributed by atoms with van der Waals surface area (Å²) in [6.45, 7) is 5.22. The fourth-order valence-corrected chi connectivity index (χ4v) is 5.13. The largest absolute Gasteiger partial charge is 0.493 e. The van der Waals surface area contributed by atoms with E-state index < -0.39 is 5.60 Å². The maximum atomic E-state index is 11.7. The van der Waals surface area contributed by atoms with Crippen molar-refractivity contribution in [3.05, 3.63) is 42.0 Å². The SMILES string of the molecule is CCOc1ccc(CN2CC3CCCC(C2)C3(O)c2nccn2C)cc1OC. The fraction of sp³-hybridized carbons (Fsp3) is 0.591. The predicted molar refractivity (Wildman–Crippen MR) is 107 cm³/mol. The van der Waals surface area contributed by atoms with E-state index >= 15 is 0 Å². The van der Waals surface area contributed by atoms with Crippen LogP contribution in [0.3, 0.4) is 0 Å². The van der Waals surface area contributed by atoms with Crippen molar-refractivity contribution in [3.8, 4) is 11.5 Å². The van der Waals surface area contributed by atoms with Crippen LogP contribution in [-0.2, 0) is 19.2 Å². The Morgan fingerprint density at radius 1 is 1.21 bits per heavy atom. The molecule has 2 heterocycles. The van der Waals surface area contributed by atoms with Crippen LogP contribution < -0.4 is 9.47 Å². The monoisotopic (exact) mass is 385 g/mol. The number of aliphatic hydroxyl groups is 1. The van der Waals surface area contributed by atoms with E-state index in [0.717, 1.165) is 49.8 Å². The molecule has 1 aromatic carbocycles. The third kappa shape index (κ3) is 3.29. The molecule has 4 rings (SSSR count). The van der Waals surface area contributed by atoms with Gasteiger partial charge >= 0.3 is 0 Å². The number of aromatic nitrogens is 2. The van der Waals surface area contributed by atoms with Crippen LogP contribution in [0.25, 0.3) is 0 Å². The fourth-order valence-electron chi connectivity index (χ4n) is 5.13. The molecule has 28 heavy (non-hydrogen) atoms. The summed E-state index contributed by atoms with van der Waals surface area (Å²) in [6, 6.07) is 6.18. The lowest BCUT2D eigenvalue weighted by atomic mass is 9.65. The van der Waals surface area contributed by atoms with E-state index in [9.17, 15) is 5.11 Å². The van der Waals surface area contributed by atoms with Crippen molar-refractivity contribution in [2.75, 3.05) is 26.8 Å². The lowest BCUT2D eigenvalue weighted by Crippen LogP contribution is -2.58. The molecule has 2 aliphatic rings. The van der Waals surface area contributed by atoms with E-state index in [1.165, 1.54) is 12.0 Å². The van der Waals surface area contributed by atoms with Gasteiger partial charge in [0, 0.05) is 50.9 Å². The first-order valence-electron chi connectivity index (χ1n) is 10.3. The smallest absolute Gasteiger partial charge is 0.161 e. The molecule has 2 atom stereocenters. The molecule has 2 aromatic rings. The van der Waals surface area contributed by atoms with Gasteiger partial charge in [-0.25, -0.2) is 4.98 Å². The summed E-state index contributed by atoms with van der Waals surface area (Å²) in [5.41, 5.74) is 0.393. The highest BCUT2D eigenvalue weighted by atomic mass is 16.5. The van der Waals surface area contributed by atoms with Gasteiger partial charge in [0.05, 0.1) is 13.7 Å². The summed E-state index contributed by atoms with van der Waals surface area (Å²) in [4.78, 5) is 6.99. The molecule has 152 valence electrons. The van der Waals surface area contributed by atoms with Crippen molar-refractivity contribution in [3.63, 3.8) is 0 Å². The summed E-state index contributed by atoms with van der Waals surface area (Å²) in [7, 11) is 3.66. The molecule has 1 aromatic heterocycles.